The number of aliphatic carboxylic acids is 1. The second-order valence-electron chi connectivity index (χ2n) is 7.87. The first kappa shape index (κ1) is 20.2. The van der Waals surface area contributed by atoms with Crippen LogP contribution in [0.1, 0.15) is 26.3 Å². The first-order valence-corrected chi connectivity index (χ1v) is 9.90. The van der Waals surface area contributed by atoms with Crippen molar-refractivity contribution in [3.8, 4) is 0 Å². The summed E-state index contributed by atoms with van der Waals surface area (Å²) in [4.78, 5) is 41.9. The lowest BCUT2D eigenvalue weighted by Gasteiger charge is -2.53. The van der Waals surface area contributed by atoms with Crippen LogP contribution in [-0.4, -0.2) is 62.3 Å². The number of hydrogen-bond acceptors (Lipinski definition) is 6. The van der Waals surface area contributed by atoms with E-state index in [1.807, 2.05) is 6.07 Å². The van der Waals surface area contributed by atoms with Gasteiger partial charge in [-0.3, -0.25) is 14.6 Å². The van der Waals surface area contributed by atoms with Gasteiger partial charge in [0.15, 0.2) is 0 Å². The number of carbonyl (C=O) groups excluding carboxylic acids is 2. The third-order valence-electron chi connectivity index (χ3n) is 4.48. The van der Waals surface area contributed by atoms with E-state index in [2.05, 4.69) is 10.3 Å². The number of fused-ring (bicyclic) bond motifs is 1. The van der Waals surface area contributed by atoms with Crippen molar-refractivity contribution in [2.75, 3.05) is 12.3 Å². The van der Waals surface area contributed by atoms with Crippen molar-refractivity contribution in [2.45, 2.75) is 37.8 Å². The number of aromatic nitrogens is 1. The van der Waals surface area contributed by atoms with E-state index in [0.717, 1.165) is 5.56 Å². The zero-order chi connectivity index (χ0) is 20.5. The van der Waals surface area contributed by atoms with E-state index in [0.29, 0.717) is 5.75 Å². The Morgan fingerprint density at radius 3 is 2.82 bits per heavy atom. The molecule has 0 radical (unpaired) electrons. The second kappa shape index (κ2) is 7.46. The standard InChI is InChI=1S/C19H23N3O5S/c1-18(2,3)27-17(26)21-13-14(23)22-10-19(16(24)25,11-28-15(13)22)7-6-12-5-4-8-20-9-12/h4-9,13,15H,10-11H2,1-3H3,(H,21,26)(H,24,25)/t13?,15-,19?/m1/s1. The highest BCUT2D eigenvalue weighted by atomic mass is 32.2. The minimum atomic E-state index is -1.19. The Balaban J connectivity index is 1.68. The molecule has 2 aliphatic rings. The summed E-state index contributed by atoms with van der Waals surface area (Å²) in [5, 5.41) is 12.1. The number of nitrogens with zero attached hydrogens (tertiary/aromatic N) is 2. The number of carbonyl (C=O) groups is 3. The largest absolute Gasteiger partial charge is 0.481 e. The van der Waals surface area contributed by atoms with Gasteiger partial charge in [-0.1, -0.05) is 18.2 Å². The molecule has 9 heteroatoms. The average Bonchev–Trinajstić information content (AvgIpc) is 2.63. The summed E-state index contributed by atoms with van der Waals surface area (Å²) in [5.41, 5.74) is -1.07. The molecule has 3 rings (SSSR count). The molecule has 2 fully saturated rings. The van der Waals surface area contributed by atoms with Crippen LogP contribution in [0.2, 0.25) is 0 Å². The number of hydrogen-bond donors (Lipinski definition) is 2. The number of alkyl carbamates (subject to hydrolysis) is 1. The Morgan fingerprint density at radius 2 is 2.21 bits per heavy atom. The zero-order valence-corrected chi connectivity index (χ0v) is 16.7. The summed E-state index contributed by atoms with van der Waals surface area (Å²) >= 11 is 1.34. The van der Waals surface area contributed by atoms with Crippen molar-refractivity contribution in [1.82, 2.24) is 15.2 Å². The van der Waals surface area contributed by atoms with Gasteiger partial charge in [0.05, 0.1) is 0 Å². The predicted octanol–water partition coefficient (Wildman–Crippen LogP) is 1.97. The number of carboxylic acid groups (broad SMARTS) is 1. The molecular formula is C19H23N3O5S. The fourth-order valence-electron chi connectivity index (χ4n) is 3.06. The van der Waals surface area contributed by atoms with Gasteiger partial charge in [-0.05, 0) is 32.4 Å². The lowest BCUT2D eigenvalue weighted by atomic mass is 9.86. The molecule has 2 aliphatic heterocycles. The summed E-state index contributed by atoms with van der Waals surface area (Å²) in [6.07, 6.45) is 5.96. The summed E-state index contributed by atoms with van der Waals surface area (Å²) in [6.45, 7) is 5.29. The summed E-state index contributed by atoms with van der Waals surface area (Å²) < 4.78 is 5.20. The van der Waals surface area contributed by atoms with Crippen LogP contribution in [0.15, 0.2) is 30.6 Å². The van der Waals surface area contributed by atoms with Gasteiger partial charge >= 0.3 is 12.1 Å². The van der Waals surface area contributed by atoms with Crippen molar-refractivity contribution < 1.29 is 24.2 Å². The van der Waals surface area contributed by atoms with E-state index in [1.165, 1.54) is 16.7 Å². The van der Waals surface area contributed by atoms with Crippen molar-refractivity contribution in [3.05, 3.63) is 36.2 Å². The number of pyridine rings is 1. The van der Waals surface area contributed by atoms with E-state index in [9.17, 15) is 19.5 Å². The highest BCUT2D eigenvalue weighted by Gasteiger charge is 2.56. The maximum Gasteiger partial charge on any atom is 0.408 e. The normalized spacial score (nSPS) is 27.1. The minimum absolute atomic E-state index is 0.0576. The monoisotopic (exact) mass is 405 g/mol. The van der Waals surface area contributed by atoms with Crippen molar-refractivity contribution >= 4 is 35.8 Å². The van der Waals surface area contributed by atoms with Crippen LogP contribution in [0.25, 0.3) is 6.08 Å². The van der Waals surface area contributed by atoms with Crippen LogP contribution in [0, 0.1) is 5.41 Å². The molecule has 0 aromatic carbocycles. The molecule has 150 valence electrons. The van der Waals surface area contributed by atoms with Crippen molar-refractivity contribution in [3.63, 3.8) is 0 Å². The van der Waals surface area contributed by atoms with E-state index < -0.39 is 29.1 Å². The number of nitrogens with one attached hydrogen (secondary N) is 1. The van der Waals surface area contributed by atoms with Crippen LogP contribution in [-0.2, 0) is 14.3 Å². The molecule has 28 heavy (non-hydrogen) atoms. The van der Waals surface area contributed by atoms with E-state index in [-0.39, 0.29) is 17.8 Å². The molecule has 3 atom stereocenters. The highest BCUT2D eigenvalue weighted by molar-refractivity contribution is 8.00. The van der Waals surface area contributed by atoms with Crippen LogP contribution < -0.4 is 5.32 Å². The molecule has 3 heterocycles. The van der Waals surface area contributed by atoms with Gasteiger partial charge in [0.1, 0.15) is 22.4 Å². The molecule has 0 bridgehead atoms. The molecule has 0 aliphatic carbocycles. The second-order valence-corrected chi connectivity index (χ2v) is 8.98. The van der Waals surface area contributed by atoms with Gasteiger partial charge in [-0.15, -0.1) is 11.8 Å². The summed E-state index contributed by atoms with van der Waals surface area (Å²) in [7, 11) is 0. The number of thioether (sulfide) groups is 1. The van der Waals surface area contributed by atoms with Gasteiger partial charge in [-0.25, -0.2) is 4.79 Å². The highest BCUT2D eigenvalue weighted by Crippen LogP contribution is 2.43. The maximum atomic E-state index is 12.5. The van der Waals surface area contributed by atoms with E-state index >= 15 is 0 Å². The number of amides is 2. The van der Waals surface area contributed by atoms with E-state index in [4.69, 9.17) is 4.74 Å². The van der Waals surface area contributed by atoms with Gasteiger partial charge in [0.25, 0.3) is 0 Å². The first-order chi connectivity index (χ1) is 13.1. The van der Waals surface area contributed by atoms with Crippen molar-refractivity contribution in [1.29, 1.82) is 0 Å². The number of rotatable bonds is 4. The van der Waals surface area contributed by atoms with E-state index in [1.54, 1.807) is 51.4 Å². The molecule has 0 spiro atoms. The van der Waals surface area contributed by atoms with Crippen LogP contribution >= 0.6 is 11.8 Å². The average molecular weight is 405 g/mol. The van der Waals surface area contributed by atoms with Crippen LogP contribution in [0.5, 0.6) is 0 Å². The lowest BCUT2D eigenvalue weighted by Crippen LogP contribution is -2.73. The third kappa shape index (κ3) is 4.14. The molecule has 1 aromatic heterocycles. The predicted molar refractivity (Wildman–Crippen MR) is 104 cm³/mol. The molecule has 0 saturated carbocycles. The molecule has 2 unspecified atom stereocenters. The summed E-state index contributed by atoms with van der Waals surface area (Å²) in [6, 6.07) is 2.90. The number of ether oxygens (including phenoxy) is 1. The fourth-order valence-corrected chi connectivity index (χ4v) is 4.58. The van der Waals surface area contributed by atoms with Crippen LogP contribution in [0.3, 0.4) is 0 Å². The number of β-lactam (4-membered cyclic amide) rings is 1. The van der Waals surface area contributed by atoms with Crippen LogP contribution in [0.4, 0.5) is 4.79 Å². The Bertz CT molecular complexity index is 808. The number of carboxylic acids is 1. The quantitative estimate of drug-likeness (QED) is 0.737. The molecule has 2 N–H and O–H groups in total. The summed E-state index contributed by atoms with van der Waals surface area (Å²) in [5.74, 6) is -1.00. The van der Waals surface area contributed by atoms with Crippen molar-refractivity contribution in [2.24, 2.45) is 5.41 Å². The topological polar surface area (TPSA) is 109 Å². The Labute approximate surface area is 167 Å². The molecule has 1 aromatic rings. The third-order valence-corrected chi connectivity index (χ3v) is 6.03. The van der Waals surface area contributed by atoms with Gasteiger partial charge in [0.2, 0.25) is 5.91 Å². The molecule has 2 saturated heterocycles. The van der Waals surface area contributed by atoms with Gasteiger partial charge < -0.3 is 20.1 Å². The molecule has 8 nitrogen and oxygen atoms in total. The smallest absolute Gasteiger partial charge is 0.408 e. The van der Waals surface area contributed by atoms with Gasteiger partial charge in [0, 0.05) is 24.7 Å². The first-order valence-electron chi connectivity index (χ1n) is 8.86. The minimum Gasteiger partial charge on any atom is -0.481 e. The fraction of sp³-hybridized carbons (Fsp3) is 0.474. The Kier molecular flexibility index (Phi) is 5.38. The Hall–Kier alpha value is -2.55. The van der Waals surface area contributed by atoms with Gasteiger partial charge in [-0.2, -0.15) is 0 Å². The molecular weight excluding hydrogens is 382 g/mol. The Morgan fingerprint density at radius 1 is 1.46 bits per heavy atom. The zero-order valence-electron chi connectivity index (χ0n) is 15.9. The molecule has 2 amide bonds. The SMILES string of the molecule is CC(C)(C)OC(=O)NC1C(=O)N2CC(C=Cc3cccnc3)(C(=O)O)CS[C@H]12. The lowest BCUT2D eigenvalue weighted by molar-refractivity contribution is -0.154. The maximum absolute atomic E-state index is 12.5.